The molecule has 1 amide bonds. The molecule has 7 nitrogen and oxygen atoms in total. The van der Waals surface area contributed by atoms with Crippen LogP contribution in [0.15, 0.2) is 18.2 Å². The Morgan fingerprint density at radius 1 is 1.57 bits per heavy atom. The topological polar surface area (TPSA) is 93.5 Å². The smallest absolute Gasteiger partial charge is 0.273 e. The molecule has 0 aromatic heterocycles. The minimum Gasteiger partial charge on any atom is -0.496 e. The number of nitrogens with one attached hydrogen (secondary N) is 2. The number of rotatable bonds is 6. The normalized spacial score (nSPS) is 17.5. The van der Waals surface area contributed by atoms with E-state index >= 15 is 0 Å². The lowest BCUT2D eigenvalue weighted by molar-refractivity contribution is -0.384. The molecule has 1 aliphatic rings. The average Bonchev–Trinajstić information content (AvgIpc) is 2.99. The average molecular weight is 293 g/mol. The molecule has 1 aromatic carbocycles. The summed E-state index contributed by atoms with van der Waals surface area (Å²) in [6.07, 6.45) is 3.19. The van der Waals surface area contributed by atoms with Gasteiger partial charge in [-0.3, -0.25) is 14.9 Å². The van der Waals surface area contributed by atoms with E-state index < -0.39 is 4.92 Å². The molecule has 1 fully saturated rings. The van der Waals surface area contributed by atoms with Crippen molar-refractivity contribution in [3.05, 3.63) is 33.9 Å². The van der Waals surface area contributed by atoms with Gasteiger partial charge in [0.25, 0.3) is 11.6 Å². The minimum atomic E-state index is -0.518. The number of nitrogens with zero attached hydrogens (tertiary/aromatic N) is 1. The van der Waals surface area contributed by atoms with Crippen LogP contribution in [0.1, 0.15) is 29.6 Å². The number of carbonyl (C=O) groups excluding carboxylic acids is 1. The first kappa shape index (κ1) is 15.2. The summed E-state index contributed by atoms with van der Waals surface area (Å²) >= 11 is 0. The first-order valence-electron chi connectivity index (χ1n) is 6.96. The van der Waals surface area contributed by atoms with Crippen molar-refractivity contribution in [2.45, 2.75) is 25.3 Å². The van der Waals surface area contributed by atoms with Crippen LogP contribution in [0.25, 0.3) is 0 Å². The number of hydrogen-bond acceptors (Lipinski definition) is 5. The van der Waals surface area contributed by atoms with E-state index in [1.54, 1.807) is 0 Å². The Morgan fingerprint density at radius 3 is 3.00 bits per heavy atom. The molecule has 114 valence electrons. The van der Waals surface area contributed by atoms with Crippen molar-refractivity contribution in [2.24, 2.45) is 0 Å². The second-order valence-corrected chi connectivity index (χ2v) is 4.98. The first-order valence-corrected chi connectivity index (χ1v) is 6.96. The number of nitro groups is 1. The molecule has 1 aromatic rings. The maximum Gasteiger partial charge on any atom is 0.273 e. The van der Waals surface area contributed by atoms with E-state index in [0.717, 1.165) is 19.4 Å². The largest absolute Gasteiger partial charge is 0.496 e. The number of ether oxygens (including phenoxy) is 1. The van der Waals surface area contributed by atoms with Gasteiger partial charge in [0.2, 0.25) is 0 Å². The minimum absolute atomic E-state index is 0.0986. The van der Waals surface area contributed by atoms with Gasteiger partial charge in [-0.15, -0.1) is 0 Å². The zero-order valence-corrected chi connectivity index (χ0v) is 11.9. The number of hydrogen-bond donors (Lipinski definition) is 2. The predicted molar refractivity (Wildman–Crippen MR) is 77.6 cm³/mol. The summed E-state index contributed by atoms with van der Waals surface area (Å²) in [5.74, 6) is -0.0690. The molecule has 1 saturated heterocycles. The molecule has 0 radical (unpaired) electrons. The van der Waals surface area contributed by atoms with E-state index in [1.165, 1.54) is 31.7 Å². The molecule has 2 rings (SSSR count). The van der Waals surface area contributed by atoms with Crippen LogP contribution in [0.4, 0.5) is 5.69 Å². The van der Waals surface area contributed by atoms with Crippen molar-refractivity contribution < 1.29 is 14.5 Å². The fourth-order valence-electron chi connectivity index (χ4n) is 2.44. The highest BCUT2D eigenvalue weighted by Gasteiger charge is 2.18. The Kier molecular flexibility index (Phi) is 5.10. The van der Waals surface area contributed by atoms with E-state index in [4.69, 9.17) is 4.74 Å². The van der Waals surface area contributed by atoms with Crippen LogP contribution in [-0.2, 0) is 0 Å². The van der Waals surface area contributed by atoms with Crippen molar-refractivity contribution in [1.29, 1.82) is 0 Å². The summed E-state index contributed by atoms with van der Waals surface area (Å²) in [5.41, 5.74) is 0.209. The number of amides is 1. The number of carbonyl (C=O) groups is 1. The highest BCUT2D eigenvalue weighted by Crippen LogP contribution is 2.24. The van der Waals surface area contributed by atoms with Gasteiger partial charge in [-0.1, -0.05) is 0 Å². The van der Waals surface area contributed by atoms with Crippen LogP contribution < -0.4 is 15.4 Å². The number of non-ortho nitro benzene ring substituents is 1. The molecular weight excluding hydrogens is 274 g/mol. The third-order valence-corrected chi connectivity index (χ3v) is 3.58. The Labute approximate surface area is 122 Å². The highest BCUT2D eigenvalue weighted by atomic mass is 16.6. The molecule has 0 unspecified atom stereocenters. The molecule has 2 N–H and O–H groups in total. The molecule has 0 saturated carbocycles. The summed E-state index contributed by atoms with van der Waals surface area (Å²) < 4.78 is 5.06. The monoisotopic (exact) mass is 293 g/mol. The van der Waals surface area contributed by atoms with Crippen LogP contribution in [0, 0.1) is 10.1 Å². The van der Waals surface area contributed by atoms with Crippen molar-refractivity contribution in [1.82, 2.24) is 10.6 Å². The number of methoxy groups -OCH3 is 1. The van der Waals surface area contributed by atoms with Gasteiger partial charge >= 0.3 is 0 Å². The fraction of sp³-hybridized carbons (Fsp3) is 0.500. The lowest BCUT2D eigenvalue weighted by Gasteiger charge is -2.12. The third kappa shape index (κ3) is 3.91. The SMILES string of the molecule is COc1cc([N+](=O)[O-])ccc1C(=O)NCC[C@H]1CCCN1. The molecule has 21 heavy (non-hydrogen) atoms. The van der Waals surface area contributed by atoms with Gasteiger partial charge in [0.15, 0.2) is 0 Å². The first-order chi connectivity index (χ1) is 10.1. The van der Waals surface area contributed by atoms with E-state index in [0.29, 0.717) is 18.2 Å². The molecule has 1 atom stereocenters. The summed E-state index contributed by atoms with van der Waals surface area (Å²) in [7, 11) is 1.39. The number of nitro benzene ring substituents is 1. The van der Waals surface area contributed by atoms with Gasteiger partial charge in [-0.25, -0.2) is 0 Å². The van der Waals surface area contributed by atoms with Gasteiger partial charge in [-0.05, 0) is 31.9 Å². The standard InChI is InChI=1S/C14H19N3O4/c1-21-13-9-11(17(19)20)4-5-12(13)14(18)16-8-6-10-3-2-7-15-10/h4-5,9-10,15H,2-3,6-8H2,1H3,(H,16,18)/t10-/m1/s1. The molecule has 1 heterocycles. The Bertz CT molecular complexity index is 527. The molecule has 1 aliphatic heterocycles. The van der Waals surface area contributed by atoms with Gasteiger partial charge in [-0.2, -0.15) is 0 Å². The molecule has 7 heteroatoms. The van der Waals surface area contributed by atoms with Crippen molar-refractivity contribution in [3.8, 4) is 5.75 Å². The highest BCUT2D eigenvalue weighted by molar-refractivity contribution is 5.97. The van der Waals surface area contributed by atoms with Crippen LogP contribution in [0.5, 0.6) is 5.75 Å². The maximum absolute atomic E-state index is 12.1. The predicted octanol–water partition coefficient (Wildman–Crippen LogP) is 1.48. The van der Waals surface area contributed by atoms with Crippen molar-refractivity contribution in [2.75, 3.05) is 20.2 Å². The maximum atomic E-state index is 12.1. The summed E-state index contributed by atoms with van der Waals surface area (Å²) in [4.78, 5) is 22.3. The van der Waals surface area contributed by atoms with Gasteiger partial charge < -0.3 is 15.4 Å². The lowest BCUT2D eigenvalue weighted by atomic mass is 10.1. The molecular formula is C14H19N3O4. The van der Waals surface area contributed by atoms with Crippen molar-refractivity contribution >= 4 is 11.6 Å². The zero-order valence-electron chi connectivity index (χ0n) is 11.9. The van der Waals surface area contributed by atoms with Crippen LogP contribution in [0.3, 0.4) is 0 Å². The molecule has 0 aliphatic carbocycles. The van der Waals surface area contributed by atoms with Gasteiger partial charge in [0.1, 0.15) is 5.75 Å². The number of benzene rings is 1. The fourth-order valence-corrected chi connectivity index (χ4v) is 2.44. The quantitative estimate of drug-likeness (QED) is 0.612. The molecule has 0 spiro atoms. The van der Waals surface area contributed by atoms with Crippen LogP contribution in [0.2, 0.25) is 0 Å². The zero-order chi connectivity index (χ0) is 15.2. The Hall–Kier alpha value is -2.15. The van der Waals surface area contributed by atoms with Crippen LogP contribution in [-0.4, -0.2) is 37.1 Å². The third-order valence-electron chi connectivity index (χ3n) is 3.58. The lowest BCUT2D eigenvalue weighted by Crippen LogP contribution is -2.30. The van der Waals surface area contributed by atoms with Crippen molar-refractivity contribution in [3.63, 3.8) is 0 Å². The summed E-state index contributed by atoms with van der Waals surface area (Å²) in [6.45, 7) is 1.60. The Balaban J connectivity index is 1.96. The van der Waals surface area contributed by atoms with E-state index in [-0.39, 0.29) is 17.3 Å². The second kappa shape index (κ2) is 7.03. The van der Waals surface area contributed by atoms with E-state index in [1.807, 2.05) is 0 Å². The van der Waals surface area contributed by atoms with Gasteiger partial charge in [0.05, 0.1) is 23.7 Å². The molecule has 0 bridgehead atoms. The van der Waals surface area contributed by atoms with E-state index in [2.05, 4.69) is 10.6 Å². The van der Waals surface area contributed by atoms with Gasteiger partial charge in [0, 0.05) is 18.7 Å². The summed E-state index contributed by atoms with van der Waals surface area (Å²) in [6, 6.07) is 4.44. The van der Waals surface area contributed by atoms with Crippen LogP contribution >= 0.6 is 0 Å². The Morgan fingerprint density at radius 2 is 2.38 bits per heavy atom. The summed E-state index contributed by atoms with van der Waals surface area (Å²) in [5, 5.41) is 16.9. The van der Waals surface area contributed by atoms with E-state index in [9.17, 15) is 14.9 Å². The second-order valence-electron chi connectivity index (χ2n) is 4.98.